The number of hydrogen-bond donors (Lipinski definition) is 1. The first-order valence-corrected chi connectivity index (χ1v) is 8.45. The minimum atomic E-state index is -0.374. The van der Waals surface area contributed by atoms with E-state index in [2.05, 4.69) is 5.32 Å². The van der Waals surface area contributed by atoms with Crippen LogP contribution in [0.2, 0.25) is 0 Å². The summed E-state index contributed by atoms with van der Waals surface area (Å²) in [5.41, 5.74) is 1.45. The Morgan fingerprint density at radius 3 is 2.38 bits per heavy atom. The third-order valence-electron chi connectivity index (χ3n) is 3.49. The lowest BCUT2D eigenvalue weighted by Crippen LogP contribution is -2.15. The van der Waals surface area contributed by atoms with Crippen LogP contribution in [-0.4, -0.2) is 38.8 Å². The van der Waals surface area contributed by atoms with Crippen LogP contribution in [-0.2, 0) is 9.47 Å². The molecule has 0 heterocycles. The molecule has 6 heteroatoms. The van der Waals surface area contributed by atoms with Crippen molar-refractivity contribution < 1.29 is 23.8 Å². The summed E-state index contributed by atoms with van der Waals surface area (Å²) in [5.74, 6) is -0.178. The van der Waals surface area contributed by atoms with Crippen molar-refractivity contribution in [2.24, 2.45) is 0 Å². The molecule has 6 nitrogen and oxygen atoms in total. The summed E-state index contributed by atoms with van der Waals surface area (Å²) in [4.78, 5) is 24.3. The Bertz CT molecular complexity index is 727. The van der Waals surface area contributed by atoms with E-state index in [-0.39, 0.29) is 11.9 Å². The maximum absolute atomic E-state index is 12.5. The maximum Gasteiger partial charge on any atom is 0.338 e. The number of rotatable bonds is 9. The van der Waals surface area contributed by atoms with E-state index < -0.39 is 0 Å². The van der Waals surface area contributed by atoms with E-state index in [4.69, 9.17) is 14.2 Å². The Balaban J connectivity index is 2.02. The molecule has 2 rings (SSSR count). The molecule has 0 atom stereocenters. The third-order valence-corrected chi connectivity index (χ3v) is 3.49. The fourth-order valence-corrected chi connectivity index (χ4v) is 2.18. The summed E-state index contributed by atoms with van der Waals surface area (Å²) >= 11 is 0. The fraction of sp³-hybridized carbons (Fsp3) is 0.300. The summed E-state index contributed by atoms with van der Waals surface area (Å²) in [5, 5.41) is 2.80. The van der Waals surface area contributed by atoms with Crippen molar-refractivity contribution in [1.82, 2.24) is 0 Å². The average Bonchev–Trinajstić information content (AvgIpc) is 2.67. The number of methoxy groups -OCH3 is 1. The van der Waals surface area contributed by atoms with Gasteiger partial charge >= 0.3 is 5.97 Å². The van der Waals surface area contributed by atoms with Crippen LogP contribution >= 0.6 is 0 Å². The molecule has 2 aromatic rings. The number of esters is 1. The predicted molar refractivity (Wildman–Crippen MR) is 98.8 cm³/mol. The highest BCUT2D eigenvalue weighted by Crippen LogP contribution is 2.20. The minimum Gasteiger partial charge on any atom is -0.490 e. The second-order valence-electron chi connectivity index (χ2n) is 5.50. The van der Waals surface area contributed by atoms with E-state index in [1.165, 1.54) is 0 Å². The highest BCUT2D eigenvalue weighted by molar-refractivity contribution is 6.06. The van der Waals surface area contributed by atoms with Crippen molar-refractivity contribution in [3.63, 3.8) is 0 Å². The number of nitrogens with one attached hydrogen (secondary N) is 1. The monoisotopic (exact) mass is 357 g/mol. The zero-order valence-corrected chi connectivity index (χ0v) is 15.0. The van der Waals surface area contributed by atoms with E-state index in [9.17, 15) is 9.59 Å². The van der Waals surface area contributed by atoms with Crippen molar-refractivity contribution in [2.45, 2.75) is 13.3 Å². The molecule has 26 heavy (non-hydrogen) atoms. The van der Waals surface area contributed by atoms with Gasteiger partial charge in [0.15, 0.2) is 0 Å². The normalized spacial score (nSPS) is 10.2. The number of carbonyl (C=O) groups excluding carboxylic acids is 2. The lowest BCUT2D eigenvalue weighted by Gasteiger charge is -2.11. The number of amides is 1. The summed E-state index contributed by atoms with van der Waals surface area (Å²) in [6.07, 6.45) is 0.770. The van der Waals surface area contributed by atoms with E-state index in [0.29, 0.717) is 42.4 Å². The number of carbonyl (C=O) groups is 2. The Hall–Kier alpha value is -2.86. The molecule has 0 radical (unpaired) electrons. The average molecular weight is 357 g/mol. The predicted octanol–water partition coefficient (Wildman–Crippen LogP) is 3.53. The van der Waals surface area contributed by atoms with Gasteiger partial charge in [0.2, 0.25) is 0 Å². The van der Waals surface area contributed by atoms with Crippen LogP contribution in [0.3, 0.4) is 0 Å². The number of ether oxygens (including phenoxy) is 3. The molecule has 0 saturated carbocycles. The number of para-hydroxylation sites is 1. The van der Waals surface area contributed by atoms with Crippen molar-refractivity contribution in [2.75, 3.05) is 32.2 Å². The van der Waals surface area contributed by atoms with Crippen LogP contribution in [0.4, 0.5) is 5.69 Å². The van der Waals surface area contributed by atoms with Gasteiger partial charge in [-0.2, -0.15) is 0 Å². The second-order valence-corrected chi connectivity index (χ2v) is 5.50. The molecule has 0 bridgehead atoms. The van der Waals surface area contributed by atoms with Gasteiger partial charge in [-0.3, -0.25) is 4.79 Å². The molecule has 0 saturated heterocycles. The largest absolute Gasteiger partial charge is 0.490 e. The van der Waals surface area contributed by atoms with Gasteiger partial charge in [-0.05, 0) is 42.8 Å². The highest BCUT2D eigenvalue weighted by Gasteiger charge is 2.13. The smallest absolute Gasteiger partial charge is 0.338 e. The molecule has 0 aromatic heterocycles. The van der Waals surface area contributed by atoms with Gasteiger partial charge in [-0.25, -0.2) is 4.79 Å². The van der Waals surface area contributed by atoms with E-state index in [0.717, 1.165) is 6.42 Å². The van der Waals surface area contributed by atoms with Gasteiger partial charge in [0.1, 0.15) is 12.4 Å². The molecule has 0 fully saturated rings. The van der Waals surface area contributed by atoms with Gasteiger partial charge in [-0.1, -0.05) is 19.1 Å². The number of anilines is 1. The summed E-state index contributed by atoms with van der Waals surface area (Å²) < 4.78 is 15.6. The molecule has 0 spiro atoms. The quantitative estimate of drug-likeness (QED) is 0.549. The fourth-order valence-electron chi connectivity index (χ4n) is 2.18. The minimum absolute atomic E-state index is 0.292. The van der Waals surface area contributed by atoms with Gasteiger partial charge in [0.05, 0.1) is 24.3 Å². The molecule has 0 aliphatic rings. The van der Waals surface area contributed by atoms with E-state index >= 15 is 0 Å². The van der Waals surface area contributed by atoms with Gasteiger partial charge < -0.3 is 19.5 Å². The Morgan fingerprint density at radius 2 is 1.69 bits per heavy atom. The molecule has 0 aliphatic heterocycles. The standard InChI is InChI=1S/C20H23NO5/c1-3-12-26-20(23)15-8-10-16(11-9-15)21-19(22)17-6-4-5-7-18(17)25-14-13-24-2/h4-11H,3,12-14H2,1-2H3,(H,21,22). The summed E-state index contributed by atoms with van der Waals surface area (Å²) in [6, 6.07) is 13.6. The molecular weight excluding hydrogens is 334 g/mol. The van der Waals surface area contributed by atoms with E-state index in [1.807, 2.05) is 6.92 Å². The Morgan fingerprint density at radius 1 is 0.962 bits per heavy atom. The Kier molecular flexibility index (Phi) is 7.64. The van der Waals surface area contributed by atoms with Crippen molar-refractivity contribution in [1.29, 1.82) is 0 Å². The van der Waals surface area contributed by atoms with Crippen molar-refractivity contribution in [3.05, 3.63) is 59.7 Å². The first-order chi connectivity index (χ1) is 12.7. The third kappa shape index (κ3) is 5.60. The molecule has 2 aromatic carbocycles. The van der Waals surface area contributed by atoms with Crippen LogP contribution in [0.5, 0.6) is 5.75 Å². The second kappa shape index (κ2) is 10.2. The zero-order valence-electron chi connectivity index (χ0n) is 15.0. The number of hydrogen-bond acceptors (Lipinski definition) is 5. The molecular formula is C20H23NO5. The highest BCUT2D eigenvalue weighted by atomic mass is 16.5. The lowest BCUT2D eigenvalue weighted by molar-refractivity contribution is 0.0505. The topological polar surface area (TPSA) is 73.9 Å². The first-order valence-electron chi connectivity index (χ1n) is 8.45. The SMILES string of the molecule is CCCOC(=O)c1ccc(NC(=O)c2ccccc2OCCOC)cc1. The van der Waals surface area contributed by atoms with Crippen LogP contribution in [0.15, 0.2) is 48.5 Å². The Labute approximate surface area is 153 Å². The molecule has 1 N–H and O–H groups in total. The summed E-state index contributed by atoms with van der Waals surface area (Å²) in [6.45, 7) is 3.11. The van der Waals surface area contributed by atoms with E-state index in [1.54, 1.807) is 55.6 Å². The number of benzene rings is 2. The van der Waals surface area contributed by atoms with Gasteiger partial charge in [0, 0.05) is 12.8 Å². The molecule has 0 aliphatic carbocycles. The van der Waals surface area contributed by atoms with Crippen molar-refractivity contribution >= 4 is 17.6 Å². The molecule has 0 unspecified atom stereocenters. The lowest BCUT2D eigenvalue weighted by atomic mass is 10.1. The molecule has 138 valence electrons. The summed E-state index contributed by atoms with van der Waals surface area (Å²) in [7, 11) is 1.59. The van der Waals surface area contributed by atoms with Crippen molar-refractivity contribution in [3.8, 4) is 5.75 Å². The van der Waals surface area contributed by atoms with Gasteiger partial charge in [0.25, 0.3) is 5.91 Å². The molecule has 1 amide bonds. The maximum atomic E-state index is 12.5. The first kappa shape index (κ1) is 19.5. The van der Waals surface area contributed by atoms with Crippen LogP contribution in [0.1, 0.15) is 34.1 Å². The van der Waals surface area contributed by atoms with Gasteiger partial charge in [-0.15, -0.1) is 0 Å². The van der Waals surface area contributed by atoms with Crippen LogP contribution in [0.25, 0.3) is 0 Å². The van der Waals surface area contributed by atoms with Crippen LogP contribution in [0, 0.1) is 0 Å². The van der Waals surface area contributed by atoms with Crippen LogP contribution < -0.4 is 10.1 Å². The zero-order chi connectivity index (χ0) is 18.8.